The van der Waals surface area contributed by atoms with Gasteiger partial charge in [0.1, 0.15) is 10.6 Å². The minimum Gasteiger partial charge on any atom is -0.507 e. The number of alkyl halides is 3. The summed E-state index contributed by atoms with van der Waals surface area (Å²) >= 11 is 11.7. The van der Waals surface area contributed by atoms with Crippen LogP contribution in [0.2, 0.25) is 10.0 Å². The van der Waals surface area contributed by atoms with Gasteiger partial charge in [0, 0.05) is 11.1 Å². The van der Waals surface area contributed by atoms with Gasteiger partial charge in [0.2, 0.25) is 0 Å². The second-order valence-electron chi connectivity index (χ2n) is 6.88. The van der Waals surface area contributed by atoms with Gasteiger partial charge in [0.05, 0.1) is 16.3 Å². The van der Waals surface area contributed by atoms with Crippen molar-refractivity contribution >= 4 is 38.9 Å². The highest BCUT2D eigenvalue weighted by Crippen LogP contribution is 2.37. The number of hydrogen-bond acceptors (Lipinski definition) is 4. The fourth-order valence-corrected chi connectivity index (χ4v) is 4.64. The number of phenols is 1. The third kappa shape index (κ3) is 6.41. The highest BCUT2D eigenvalue weighted by Gasteiger charge is 2.34. The van der Waals surface area contributed by atoms with Crippen molar-refractivity contribution < 1.29 is 26.7 Å². The minimum absolute atomic E-state index is 0.144. The van der Waals surface area contributed by atoms with Crippen molar-refractivity contribution in [2.45, 2.75) is 30.8 Å². The number of nitrogens with zero attached hydrogens (tertiary/aromatic N) is 1. The maximum Gasteiger partial charge on any atom is 0.419 e. The minimum atomic E-state index is -4.75. The lowest BCUT2D eigenvalue weighted by molar-refractivity contribution is -0.138. The lowest BCUT2D eigenvalue weighted by atomic mass is 10.2. The summed E-state index contributed by atoms with van der Waals surface area (Å²) < 4.78 is 64.5. The molecule has 0 atom stereocenters. The van der Waals surface area contributed by atoms with Gasteiger partial charge >= 0.3 is 6.18 Å². The second kappa shape index (κ2) is 9.64. The molecule has 166 valence electrons. The number of hydrogen-bond donors (Lipinski definition) is 2. The Labute approximate surface area is 183 Å². The van der Waals surface area contributed by atoms with E-state index in [2.05, 4.69) is 16.7 Å². The predicted molar refractivity (Wildman–Crippen MR) is 112 cm³/mol. The number of phenolic OH excluding ortho intramolecular Hbond substituents is 1. The molecule has 1 saturated heterocycles. The van der Waals surface area contributed by atoms with Gasteiger partial charge in [-0.25, -0.2) is 8.42 Å². The largest absolute Gasteiger partial charge is 0.507 e. The molecule has 5 nitrogen and oxygen atoms in total. The van der Waals surface area contributed by atoms with E-state index in [9.17, 15) is 26.7 Å². The molecule has 30 heavy (non-hydrogen) atoms. The summed E-state index contributed by atoms with van der Waals surface area (Å²) in [6, 6.07) is 4.60. The summed E-state index contributed by atoms with van der Waals surface area (Å²) in [6.07, 6.45) is -1.93. The molecule has 0 bridgehead atoms. The van der Waals surface area contributed by atoms with Crippen LogP contribution in [0.1, 0.15) is 24.0 Å². The molecule has 11 heteroatoms. The number of aryl methyl sites for hydroxylation is 1. The molecule has 0 saturated carbocycles. The van der Waals surface area contributed by atoms with Crippen LogP contribution in [-0.4, -0.2) is 38.6 Å². The fraction of sp³-hybridized carbons (Fsp3) is 0.368. The second-order valence-corrected chi connectivity index (χ2v) is 9.34. The molecular formula is C19H21Cl2F3N2O3S. The number of rotatable bonds is 3. The van der Waals surface area contributed by atoms with Crippen molar-refractivity contribution in [3.05, 3.63) is 51.5 Å². The van der Waals surface area contributed by atoms with Gasteiger partial charge < -0.3 is 10.0 Å². The van der Waals surface area contributed by atoms with Crippen LogP contribution in [0.5, 0.6) is 5.75 Å². The Morgan fingerprint density at radius 3 is 2.13 bits per heavy atom. The normalized spacial score (nSPS) is 14.9. The highest BCUT2D eigenvalue weighted by atomic mass is 35.5. The Bertz CT molecular complexity index is 1010. The van der Waals surface area contributed by atoms with Gasteiger partial charge in [-0.2, -0.15) is 13.2 Å². The number of nitrogens with one attached hydrogen (secondary N) is 1. The third-order valence-electron chi connectivity index (χ3n) is 4.39. The predicted octanol–water partition coefficient (Wildman–Crippen LogP) is 5.54. The summed E-state index contributed by atoms with van der Waals surface area (Å²) in [4.78, 5) is 2.07. The summed E-state index contributed by atoms with van der Waals surface area (Å²) in [6.45, 7) is 4.21. The maximum atomic E-state index is 12.6. The lowest BCUT2D eigenvalue weighted by Gasteiger charge is -2.13. The number of halogens is 5. The first-order valence-electron chi connectivity index (χ1n) is 8.88. The van der Waals surface area contributed by atoms with Gasteiger partial charge in [-0.1, -0.05) is 23.2 Å². The van der Waals surface area contributed by atoms with Gasteiger partial charge in [0.15, 0.2) is 0 Å². The molecular weight excluding hydrogens is 464 g/mol. The topological polar surface area (TPSA) is 69.6 Å². The van der Waals surface area contributed by atoms with Crippen LogP contribution in [0.4, 0.5) is 18.9 Å². The lowest BCUT2D eigenvalue weighted by Crippen LogP contribution is -2.14. The van der Waals surface area contributed by atoms with Gasteiger partial charge in [-0.05, 0) is 69.7 Å². The van der Waals surface area contributed by atoms with E-state index in [4.69, 9.17) is 23.2 Å². The SMILES string of the molecule is CN1CCCC1.Cc1cc(S(=O)(=O)Nc2ccc(C(F)(F)F)c(O)c2)c(Cl)cc1Cl. The van der Waals surface area contributed by atoms with E-state index < -0.39 is 27.5 Å². The maximum absolute atomic E-state index is 12.6. The monoisotopic (exact) mass is 484 g/mol. The first-order valence-corrected chi connectivity index (χ1v) is 11.1. The van der Waals surface area contributed by atoms with Crippen molar-refractivity contribution in [1.82, 2.24) is 4.90 Å². The number of anilines is 1. The molecule has 2 aromatic rings. The van der Waals surface area contributed by atoms with Crippen LogP contribution >= 0.6 is 23.2 Å². The molecule has 3 rings (SSSR count). The zero-order valence-electron chi connectivity index (χ0n) is 16.2. The van der Waals surface area contributed by atoms with E-state index >= 15 is 0 Å². The molecule has 0 aromatic heterocycles. The molecule has 0 aliphatic carbocycles. The van der Waals surface area contributed by atoms with Crippen molar-refractivity contribution in [3.63, 3.8) is 0 Å². The molecule has 2 N–H and O–H groups in total. The standard InChI is InChI=1S/C14H10Cl2F3NO3S.C5H11N/c1-7-4-13(11(16)6-10(7)15)24(22,23)20-8-2-3-9(12(21)5-8)14(17,18)19;1-6-4-2-3-5-6/h2-6,20-21H,1H3;2-5H2,1H3. The molecule has 1 heterocycles. The Morgan fingerprint density at radius 1 is 1.07 bits per heavy atom. The van der Waals surface area contributed by atoms with E-state index in [0.29, 0.717) is 17.7 Å². The first kappa shape index (κ1) is 24.6. The van der Waals surface area contributed by atoms with Gasteiger partial charge in [-0.15, -0.1) is 0 Å². The number of likely N-dealkylation sites (tertiary alicyclic amines) is 1. The Morgan fingerprint density at radius 2 is 1.67 bits per heavy atom. The van der Waals surface area contributed by atoms with Crippen molar-refractivity contribution in [2.24, 2.45) is 0 Å². The summed E-state index contributed by atoms with van der Waals surface area (Å²) in [5.74, 6) is -1.10. The van der Waals surface area contributed by atoms with E-state index in [-0.39, 0.29) is 20.6 Å². The smallest absolute Gasteiger partial charge is 0.419 e. The Hall–Kier alpha value is -1.68. The molecule has 0 radical (unpaired) electrons. The first-order chi connectivity index (χ1) is 13.8. The van der Waals surface area contributed by atoms with Crippen LogP contribution in [-0.2, 0) is 16.2 Å². The van der Waals surface area contributed by atoms with E-state index in [1.165, 1.54) is 38.1 Å². The number of aromatic hydroxyl groups is 1. The quantitative estimate of drug-likeness (QED) is 0.599. The van der Waals surface area contributed by atoms with E-state index in [1.807, 2.05) is 0 Å². The molecule has 1 aliphatic rings. The van der Waals surface area contributed by atoms with E-state index in [0.717, 1.165) is 6.07 Å². The van der Waals surface area contributed by atoms with Crippen LogP contribution in [0.25, 0.3) is 0 Å². The molecule has 1 aliphatic heterocycles. The van der Waals surface area contributed by atoms with Crippen molar-refractivity contribution in [1.29, 1.82) is 0 Å². The van der Waals surface area contributed by atoms with Crippen LogP contribution in [0.3, 0.4) is 0 Å². The average molecular weight is 485 g/mol. The fourth-order valence-electron chi connectivity index (χ4n) is 2.76. The Kier molecular flexibility index (Phi) is 7.90. The summed E-state index contributed by atoms with van der Waals surface area (Å²) in [5, 5.41) is 9.56. The van der Waals surface area contributed by atoms with Crippen LogP contribution in [0.15, 0.2) is 35.2 Å². The molecule has 0 unspecified atom stereocenters. The summed E-state index contributed by atoms with van der Waals surface area (Å²) in [5.41, 5.74) is -1.06. The van der Waals surface area contributed by atoms with Crippen molar-refractivity contribution in [2.75, 3.05) is 24.9 Å². The highest BCUT2D eigenvalue weighted by molar-refractivity contribution is 7.92. The average Bonchev–Trinajstić information content (AvgIpc) is 3.08. The zero-order valence-corrected chi connectivity index (χ0v) is 18.6. The summed E-state index contributed by atoms with van der Waals surface area (Å²) in [7, 11) is -2.01. The van der Waals surface area contributed by atoms with Crippen LogP contribution < -0.4 is 4.72 Å². The molecule has 0 spiro atoms. The third-order valence-corrected chi connectivity index (χ3v) is 6.64. The number of benzene rings is 2. The molecule has 2 aromatic carbocycles. The van der Waals surface area contributed by atoms with Gasteiger partial charge in [0.25, 0.3) is 10.0 Å². The van der Waals surface area contributed by atoms with Gasteiger partial charge in [-0.3, -0.25) is 4.72 Å². The number of sulfonamides is 1. The van der Waals surface area contributed by atoms with E-state index in [1.54, 1.807) is 6.92 Å². The van der Waals surface area contributed by atoms with Crippen molar-refractivity contribution in [3.8, 4) is 5.75 Å². The Balaban J connectivity index is 0.000000456. The van der Waals surface area contributed by atoms with Crippen LogP contribution in [0, 0.1) is 6.92 Å². The molecule has 0 amide bonds. The zero-order chi connectivity index (χ0) is 22.7. The molecule has 1 fully saturated rings.